The highest BCUT2D eigenvalue weighted by atomic mass is 16.5. The summed E-state index contributed by atoms with van der Waals surface area (Å²) in [6.45, 7) is 11.2. The summed E-state index contributed by atoms with van der Waals surface area (Å²) in [5.74, 6) is -0.731. The Kier molecular flexibility index (Phi) is 9.56. The smallest absolute Gasteiger partial charge is 0.333 e. The van der Waals surface area contributed by atoms with Crippen molar-refractivity contribution in [1.82, 2.24) is 15.1 Å². The topological polar surface area (TPSA) is 79.0 Å². The van der Waals surface area contributed by atoms with Crippen LogP contribution in [0.25, 0.3) is 0 Å². The number of nitrogens with zero attached hydrogens (tertiary/aromatic N) is 2. The average Bonchev–Trinajstić information content (AvgIpc) is 2.55. The standard InChI is InChI=1S/C19H35N3O4/c1-10-26-17(24)14(4)11-15(13(2)3)22(9)16(23)12-20-18(25)19(5,6)21(7)8/h11,13,15H,10,12H2,1-9H3,(H,20,25)/b14-11+/t15-/m1/s1. The van der Waals surface area contributed by atoms with Gasteiger partial charge < -0.3 is 15.0 Å². The van der Waals surface area contributed by atoms with Gasteiger partial charge in [0, 0.05) is 12.6 Å². The second-order valence-electron chi connectivity index (χ2n) is 7.45. The zero-order valence-electron chi connectivity index (χ0n) is 17.7. The lowest BCUT2D eigenvalue weighted by Gasteiger charge is -2.32. The van der Waals surface area contributed by atoms with E-state index in [1.807, 2.05) is 27.9 Å². The minimum Gasteiger partial charge on any atom is -0.463 e. The molecule has 1 atom stereocenters. The first-order valence-electron chi connectivity index (χ1n) is 8.93. The first-order valence-corrected chi connectivity index (χ1v) is 8.93. The van der Waals surface area contributed by atoms with Crippen molar-refractivity contribution < 1.29 is 19.1 Å². The van der Waals surface area contributed by atoms with Gasteiger partial charge in [0.15, 0.2) is 0 Å². The van der Waals surface area contributed by atoms with Crippen molar-refractivity contribution in [3.63, 3.8) is 0 Å². The zero-order valence-corrected chi connectivity index (χ0v) is 17.7. The van der Waals surface area contributed by atoms with Crippen molar-refractivity contribution >= 4 is 17.8 Å². The summed E-state index contributed by atoms with van der Waals surface area (Å²) in [6.07, 6.45) is 1.74. The van der Waals surface area contributed by atoms with Crippen LogP contribution in [0.2, 0.25) is 0 Å². The van der Waals surface area contributed by atoms with E-state index in [1.54, 1.807) is 50.6 Å². The maximum Gasteiger partial charge on any atom is 0.333 e. The van der Waals surface area contributed by atoms with Crippen LogP contribution >= 0.6 is 0 Å². The van der Waals surface area contributed by atoms with E-state index in [-0.39, 0.29) is 36.3 Å². The normalized spacial score (nSPS) is 13.6. The second-order valence-corrected chi connectivity index (χ2v) is 7.45. The third-order valence-corrected chi connectivity index (χ3v) is 4.62. The SMILES string of the molecule is CCOC(=O)/C(C)=C/[C@H](C(C)C)N(C)C(=O)CNC(=O)C(C)(C)N(C)C. The molecule has 0 saturated carbocycles. The molecule has 0 heterocycles. The molecule has 150 valence electrons. The summed E-state index contributed by atoms with van der Waals surface area (Å²) in [7, 11) is 5.29. The van der Waals surface area contributed by atoms with E-state index in [2.05, 4.69) is 5.32 Å². The number of amides is 2. The van der Waals surface area contributed by atoms with Gasteiger partial charge in [-0.3, -0.25) is 14.5 Å². The van der Waals surface area contributed by atoms with Gasteiger partial charge in [-0.25, -0.2) is 4.79 Å². The molecular formula is C19H35N3O4. The molecule has 0 aliphatic heterocycles. The lowest BCUT2D eigenvalue weighted by Crippen LogP contribution is -2.54. The molecule has 26 heavy (non-hydrogen) atoms. The lowest BCUT2D eigenvalue weighted by molar-refractivity contribution is -0.138. The summed E-state index contributed by atoms with van der Waals surface area (Å²) >= 11 is 0. The predicted octanol–water partition coefficient (Wildman–Crippen LogP) is 1.44. The second kappa shape index (κ2) is 10.3. The Bertz CT molecular complexity index is 539. The van der Waals surface area contributed by atoms with Crippen LogP contribution in [-0.2, 0) is 19.1 Å². The minimum absolute atomic E-state index is 0.0951. The van der Waals surface area contributed by atoms with Crippen molar-refractivity contribution in [2.75, 3.05) is 34.3 Å². The molecule has 0 aromatic rings. The molecule has 0 saturated heterocycles. The van der Waals surface area contributed by atoms with Crippen LogP contribution in [0.5, 0.6) is 0 Å². The number of hydrogen-bond acceptors (Lipinski definition) is 5. The van der Waals surface area contributed by atoms with Crippen molar-refractivity contribution in [2.45, 2.75) is 53.1 Å². The quantitative estimate of drug-likeness (QED) is 0.491. The van der Waals surface area contributed by atoms with Crippen molar-refractivity contribution in [1.29, 1.82) is 0 Å². The summed E-state index contributed by atoms with van der Waals surface area (Å²) < 4.78 is 4.99. The number of nitrogens with one attached hydrogen (secondary N) is 1. The van der Waals surface area contributed by atoms with Gasteiger partial charge >= 0.3 is 5.97 Å². The van der Waals surface area contributed by atoms with Crippen molar-refractivity contribution in [3.05, 3.63) is 11.6 Å². The average molecular weight is 370 g/mol. The molecule has 0 aromatic carbocycles. The van der Waals surface area contributed by atoms with Crippen LogP contribution in [-0.4, -0.2) is 73.5 Å². The third-order valence-electron chi connectivity index (χ3n) is 4.62. The van der Waals surface area contributed by atoms with Gasteiger partial charge in [-0.05, 0) is 47.7 Å². The largest absolute Gasteiger partial charge is 0.463 e. The van der Waals surface area contributed by atoms with Crippen LogP contribution in [0.3, 0.4) is 0 Å². The third kappa shape index (κ3) is 6.78. The van der Waals surface area contributed by atoms with Gasteiger partial charge in [0.25, 0.3) is 0 Å². The highest BCUT2D eigenvalue weighted by molar-refractivity contribution is 5.90. The Balaban J connectivity index is 5.07. The Morgan fingerprint density at radius 2 is 1.69 bits per heavy atom. The fraction of sp³-hybridized carbons (Fsp3) is 0.737. The van der Waals surface area contributed by atoms with E-state index in [0.29, 0.717) is 12.2 Å². The van der Waals surface area contributed by atoms with Crippen molar-refractivity contribution in [2.24, 2.45) is 5.92 Å². The molecule has 0 radical (unpaired) electrons. The van der Waals surface area contributed by atoms with E-state index >= 15 is 0 Å². The molecule has 7 heteroatoms. The van der Waals surface area contributed by atoms with Crippen LogP contribution in [0.1, 0.15) is 41.5 Å². The van der Waals surface area contributed by atoms with Gasteiger partial charge in [-0.15, -0.1) is 0 Å². The maximum absolute atomic E-state index is 12.5. The van der Waals surface area contributed by atoms with E-state index < -0.39 is 5.54 Å². The number of likely N-dealkylation sites (N-methyl/N-ethyl adjacent to an activating group) is 2. The molecule has 0 spiro atoms. The lowest BCUT2D eigenvalue weighted by atomic mass is 10.00. The van der Waals surface area contributed by atoms with Gasteiger partial charge in [0.1, 0.15) is 0 Å². The summed E-state index contributed by atoms with van der Waals surface area (Å²) in [6, 6.07) is -0.273. The van der Waals surface area contributed by atoms with E-state index in [1.165, 1.54) is 0 Å². The minimum atomic E-state index is -0.712. The molecule has 0 rings (SSSR count). The molecular weight excluding hydrogens is 334 g/mol. The Hall–Kier alpha value is -1.89. The number of esters is 1. The number of carbonyl (C=O) groups excluding carboxylic acids is 3. The van der Waals surface area contributed by atoms with Crippen LogP contribution in [0.4, 0.5) is 0 Å². The van der Waals surface area contributed by atoms with E-state index in [0.717, 1.165) is 0 Å². The van der Waals surface area contributed by atoms with Crippen LogP contribution in [0.15, 0.2) is 11.6 Å². The Labute approximate surface area is 157 Å². The Morgan fingerprint density at radius 3 is 2.12 bits per heavy atom. The van der Waals surface area contributed by atoms with Gasteiger partial charge in [-0.1, -0.05) is 19.9 Å². The number of ether oxygens (including phenoxy) is 1. The highest BCUT2D eigenvalue weighted by Gasteiger charge is 2.31. The summed E-state index contributed by atoms with van der Waals surface area (Å²) in [5.41, 5.74) is -0.251. The first kappa shape index (κ1) is 24.1. The molecule has 0 unspecified atom stereocenters. The maximum atomic E-state index is 12.5. The summed E-state index contributed by atoms with van der Waals surface area (Å²) in [5, 5.41) is 2.69. The fourth-order valence-electron chi connectivity index (χ4n) is 2.19. The van der Waals surface area contributed by atoms with E-state index in [9.17, 15) is 14.4 Å². The highest BCUT2D eigenvalue weighted by Crippen LogP contribution is 2.14. The number of hydrogen-bond donors (Lipinski definition) is 1. The molecule has 2 amide bonds. The molecule has 0 aliphatic rings. The molecule has 1 N–H and O–H groups in total. The first-order chi connectivity index (χ1) is 11.9. The van der Waals surface area contributed by atoms with Gasteiger partial charge in [-0.2, -0.15) is 0 Å². The van der Waals surface area contributed by atoms with E-state index in [4.69, 9.17) is 4.74 Å². The zero-order chi connectivity index (χ0) is 20.7. The van der Waals surface area contributed by atoms with Gasteiger partial charge in [0.05, 0.1) is 24.7 Å². The van der Waals surface area contributed by atoms with Crippen molar-refractivity contribution in [3.8, 4) is 0 Å². The Morgan fingerprint density at radius 1 is 1.15 bits per heavy atom. The monoisotopic (exact) mass is 369 g/mol. The molecule has 0 aliphatic carbocycles. The molecule has 0 aromatic heterocycles. The van der Waals surface area contributed by atoms with Crippen LogP contribution in [0, 0.1) is 5.92 Å². The fourth-order valence-corrected chi connectivity index (χ4v) is 2.19. The number of rotatable bonds is 9. The molecule has 0 bridgehead atoms. The van der Waals surface area contributed by atoms with Gasteiger partial charge in [0.2, 0.25) is 11.8 Å². The molecule has 0 fully saturated rings. The summed E-state index contributed by atoms with van der Waals surface area (Å²) in [4.78, 5) is 40.0. The predicted molar refractivity (Wildman–Crippen MR) is 103 cm³/mol. The van der Waals surface area contributed by atoms with Crippen LogP contribution < -0.4 is 5.32 Å². The molecule has 7 nitrogen and oxygen atoms in total. The number of carbonyl (C=O) groups is 3.